The average molecular weight is 289 g/mol. The van der Waals surface area contributed by atoms with Crippen LogP contribution in [0.1, 0.15) is 59.3 Å². The predicted octanol–water partition coefficient (Wildman–Crippen LogP) is 1.74. The van der Waals surface area contributed by atoms with Crippen molar-refractivity contribution in [3.05, 3.63) is 0 Å². The Kier molecular flexibility index (Phi) is 5.99. The second-order valence-corrected chi connectivity index (χ2v) is 8.80. The molecule has 1 atom stereocenters. The van der Waals surface area contributed by atoms with Crippen LogP contribution in [0, 0.1) is 0 Å². The number of carbonyl (C=O) groups excluding carboxylic acids is 1. The van der Waals surface area contributed by atoms with Crippen LogP contribution in [0.15, 0.2) is 0 Å². The van der Waals surface area contributed by atoms with Crippen LogP contribution in [0.2, 0.25) is 0 Å². The van der Waals surface area contributed by atoms with Gasteiger partial charge in [0.1, 0.15) is 0 Å². The summed E-state index contributed by atoms with van der Waals surface area (Å²) in [7, 11) is -0.948. The van der Waals surface area contributed by atoms with Crippen molar-refractivity contribution in [3.8, 4) is 0 Å². The van der Waals surface area contributed by atoms with Crippen molar-refractivity contribution in [2.45, 2.75) is 69.6 Å². The Morgan fingerprint density at radius 1 is 1.26 bits per heavy atom. The van der Waals surface area contributed by atoms with E-state index in [4.69, 9.17) is 0 Å². The number of aliphatic hydroxyl groups is 1. The van der Waals surface area contributed by atoms with E-state index in [2.05, 4.69) is 5.32 Å². The molecule has 5 heteroatoms. The molecule has 1 saturated carbocycles. The van der Waals surface area contributed by atoms with Gasteiger partial charge in [-0.15, -0.1) is 0 Å². The fourth-order valence-corrected chi connectivity index (χ4v) is 3.24. The fourth-order valence-electron chi connectivity index (χ4n) is 2.34. The van der Waals surface area contributed by atoms with E-state index in [9.17, 15) is 14.1 Å². The third-order valence-corrected chi connectivity index (χ3v) is 5.51. The standard InChI is InChI=1S/C14H27NO3S/c1-13(2,3)19(18)10-9-15-12(16)11-14(17)7-5-4-6-8-14/h17H,4-11H2,1-3H3,(H,15,16). The predicted molar refractivity (Wildman–Crippen MR) is 78.4 cm³/mol. The van der Waals surface area contributed by atoms with E-state index < -0.39 is 16.4 Å². The molecule has 0 saturated heterocycles. The summed E-state index contributed by atoms with van der Waals surface area (Å²) in [5.74, 6) is 0.337. The molecule has 4 nitrogen and oxygen atoms in total. The molecule has 1 aliphatic rings. The first-order valence-corrected chi connectivity index (χ1v) is 8.42. The molecular weight excluding hydrogens is 262 g/mol. The van der Waals surface area contributed by atoms with Gasteiger partial charge in [-0.3, -0.25) is 9.00 Å². The van der Waals surface area contributed by atoms with Crippen molar-refractivity contribution in [2.75, 3.05) is 12.3 Å². The summed E-state index contributed by atoms with van der Waals surface area (Å²) in [6.07, 6.45) is 4.75. The number of rotatable bonds is 5. The lowest BCUT2D eigenvalue weighted by atomic mass is 9.82. The van der Waals surface area contributed by atoms with Gasteiger partial charge in [0.2, 0.25) is 5.91 Å². The molecule has 0 spiro atoms. The second-order valence-electron chi connectivity index (χ2n) is 6.47. The number of amides is 1. The van der Waals surface area contributed by atoms with Gasteiger partial charge in [0.15, 0.2) is 0 Å². The molecule has 0 heterocycles. The first-order chi connectivity index (χ1) is 8.73. The molecule has 0 radical (unpaired) electrons. The van der Waals surface area contributed by atoms with Crippen molar-refractivity contribution in [1.29, 1.82) is 0 Å². The van der Waals surface area contributed by atoms with Crippen LogP contribution in [0.4, 0.5) is 0 Å². The summed E-state index contributed by atoms with van der Waals surface area (Å²) in [5, 5.41) is 13.0. The van der Waals surface area contributed by atoms with Crippen molar-refractivity contribution < 1.29 is 14.1 Å². The molecular formula is C14H27NO3S. The normalized spacial score (nSPS) is 20.8. The molecule has 0 aromatic carbocycles. The van der Waals surface area contributed by atoms with Crippen LogP contribution in [0.3, 0.4) is 0 Å². The summed E-state index contributed by atoms with van der Waals surface area (Å²) in [6, 6.07) is 0. The van der Waals surface area contributed by atoms with E-state index in [-0.39, 0.29) is 17.1 Å². The molecule has 0 aliphatic heterocycles. The van der Waals surface area contributed by atoms with Gasteiger partial charge < -0.3 is 10.4 Å². The van der Waals surface area contributed by atoms with Crippen molar-refractivity contribution >= 4 is 16.7 Å². The van der Waals surface area contributed by atoms with Gasteiger partial charge in [0.25, 0.3) is 0 Å². The quantitative estimate of drug-likeness (QED) is 0.810. The molecule has 0 aromatic heterocycles. The number of carbonyl (C=O) groups is 1. The zero-order valence-corrected chi connectivity index (χ0v) is 13.1. The van der Waals surface area contributed by atoms with Crippen molar-refractivity contribution in [2.24, 2.45) is 0 Å². The zero-order valence-electron chi connectivity index (χ0n) is 12.3. The summed E-state index contributed by atoms with van der Waals surface area (Å²) in [5.41, 5.74) is -0.814. The van der Waals surface area contributed by atoms with Gasteiger partial charge >= 0.3 is 0 Å². The minimum absolute atomic E-state index is 0.129. The van der Waals surface area contributed by atoms with Gasteiger partial charge in [-0.2, -0.15) is 0 Å². The Hall–Kier alpha value is -0.420. The van der Waals surface area contributed by atoms with E-state index in [1.54, 1.807) is 0 Å². The Morgan fingerprint density at radius 3 is 2.37 bits per heavy atom. The molecule has 1 amide bonds. The second kappa shape index (κ2) is 6.84. The van der Waals surface area contributed by atoms with Crippen LogP contribution in [0.5, 0.6) is 0 Å². The van der Waals surface area contributed by atoms with Gasteiger partial charge in [0, 0.05) is 27.8 Å². The third-order valence-electron chi connectivity index (χ3n) is 3.57. The Balaban J connectivity index is 2.26. The van der Waals surface area contributed by atoms with E-state index in [1.165, 1.54) is 0 Å². The van der Waals surface area contributed by atoms with Crippen LogP contribution >= 0.6 is 0 Å². The topological polar surface area (TPSA) is 66.4 Å². The molecule has 1 unspecified atom stereocenters. The summed E-state index contributed by atoms with van der Waals surface area (Å²) >= 11 is 0. The summed E-state index contributed by atoms with van der Waals surface area (Å²) in [6.45, 7) is 6.19. The maximum absolute atomic E-state index is 11.8. The largest absolute Gasteiger partial charge is 0.389 e. The molecule has 1 fully saturated rings. The van der Waals surface area contributed by atoms with E-state index >= 15 is 0 Å². The molecule has 19 heavy (non-hydrogen) atoms. The summed E-state index contributed by atoms with van der Waals surface area (Å²) in [4.78, 5) is 11.8. The number of hydrogen-bond acceptors (Lipinski definition) is 3. The van der Waals surface area contributed by atoms with Gasteiger partial charge in [0.05, 0.1) is 12.0 Å². The zero-order chi connectivity index (χ0) is 14.5. The number of hydrogen-bond donors (Lipinski definition) is 2. The molecule has 1 aliphatic carbocycles. The highest BCUT2D eigenvalue weighted by molar-refractivity contribution is 7.86. The SMILES string of the molecule is CC(C)(C)S(=O)CCNC(=O)CC1(O)CCCCC1. The van der Waals surface area contributed by atoms with E-state index in [1.807, 2.05) is 20.8 Å². The molecule has 2 N–H and O–H groups in total. The molecule has 0 aromatic rings. The highest BCUT2D eigenvalue weighted by atomic mass is 32.2. The lowest BCUT2D eigenvalue weighted by molar-refractivity contribution is -0.127. The molecule has 1 rings (SSSR count). The maximum Gasteiger partial charge on any atom is 0.222 e. The lowest BCUT2D eigenvalue weighted by Crippen LogP contribution is -2.40. The van der Waals surface area contributed by atoms with Crippen LogP contribution < -0.4 is 5.32 Å². The van der Waals surface area contributed by atoms with Gasteiger partial charge in [-0.25, -0.2) is 0 Å². The average Bonchev–Trinajstić information content (AvgIpc) is 2.27. The first kappa shape index (κ1) is 16.6. The van der Waals surface area contributed by atoms with Crippen LogP contribution in [-0.4, -0.2) is 37.9 Å². The smallest absolute Gasteiger partial charge is 0.222 e. The van der Waals surface area contributed by atoms with Crippen molar-refractivity contribution in [3.63, 3.8) is 0 Å². The number of nitrogens with one attached hydrogen (secondary N) is 1. The van der Waals surface area contributed by atoms with E-state index in [0.717, 1.165) is 19.3 Å². The Morgan fingerprint density at radius 2 is 1.84 bits per heavy atom. The minimum Gasteiger partial charge on any atom is -0.389 e. The lowest BCUT2D eigenvalue weighted by Gasteiger charge is -2.31. The monoisotopic (exact) mass is 289 g/mol. The third kappa shape index (κ3) is 6.04. The summed E-state index contributed by atoms with van der Waals surface area (Å²) < 4.78 is 11.6. The Bertz CT molecular complexity index is 330. The van der Waals surface area contributed by atoms with Crippen molar-refractivity contribution in [1.82, 2.24) is 5.32 Å². The minimum atomic E-state index is -0.948. The first-order valence-electron chi connectivity index (χ1n) is 7.10. The Labute approximate surface area is 118 Å². The maximum atomic E-state index is 11.8. The molecule has 0 bridgehead atoms. The molecule has 112 valence electrons. The van der Waals surface area contributed by atoms with Crippen LogP contribution in [0.25, 0.3) is 0 Å². The highest BCUT2D eigenvalue weighted by Gasteiger charge is 2.31. The van der Waals surface area contributed by atoms with E-state index in [0.29, 0.717) is 25.1 Å². The van der Waals surface area contributed by atoms with Crippen LogP contribution in [-0.2, 0) is 15.6 Å². The fraction of sp³-hybridized carbons (Fsp3) is 0.929. The highest BCUT2D eigenvalue weighted by Crippen LogP contribution is 2.30. The van der Waals surface area contributed by atoms with Gasteiger partial charge in [-0.05, 0) is 33.6 Å². The van der Waals surface area contributed by atoms with Gasteiger partial charge in [-0.1, -0.05) is 19.3 Å².